The molecule has 0 N–H and O–H groups in total. The third-order valence-electron chi connectivity index (χ3n) is 5.69. The molecule has 0 saturated carbocycles. The van der Waals surface area contributed by atoms with Crippen molar-refractivity contribution < 1.29 is 0 Å². The van der Waals surface area contributed by atoms with Crippen LogP contribution in [-0.2, 0) is 0 Å². The van der Waals surface area contributed by atoms with E-state index in [9.17, 15) is 0 Å². The molecule has 0 radical (unpaired) electrons. The molecule has 0 amide bonds. The fourth-order valence-corrected chi connectivity index (χ4v) is 4.42. The van der Waals surface area contributed by atoms with Crippen LogP contribution in [0.4, 0.5) is 0 Å². The van der Waals surface area contributed by atoms with Crippen molar-refractivity contribution in [3.05, 3.63) is 80.9 Å². The molecule has 0 fully saturated rings. The van der Waals surface area contributed by atoms with Crippen LogP contribution in [0.2, 0.25) is 0 Å². The van der Waals surface area contributed by atoms with Crippen LogP contribution in [0.1, 0.15) is 62.8 Å². The molecular formula is C23H24. The van der Waals surface area contributed by atoms with E-state index in [1.165, 1.54) is 39.8 Å². The molecule has 116 valence electrons. The molecule has 0 spiro atoms. The van der Waals surface area contributed by atoms with Crippen LogP contribution in [0.25, 0.3) is 12.2 Å². The van der Waals surface area contributed by atoms with Gasteiger partial charge in [0.05, 0.1) is 0 Å². The Labute approximate surface area is 139 Å². The van der Waals surface area contributed by atoms with Gasteiger partial charge in [0.1, 0.15) is 0 Å². The Morgan fingerprint density at radius 1 is 0.609 bits per heavy atom. The summed E-state index contributed by atoms with van der Waals surface area (Å²) >= 11 is 0. The van der Waals surface area contributed by atoms with Gasteiger partial charge in [-0.1, -0.05) is 48.6 Å². The van der Waals surface area contributed by atoms with Gasteiger partial charge in [-0.05, 0) is 78.6 Å². The first-order chi connectivity index (χ1) is 11.1. The zero-order valence-corrected chi connectivity index (χ0v) is 14.5. The second-order valence-corrected chi connectivity index (χ2v) is 7.22. The van der Waals surface area contributed by atoms with Gasteiger partial charge in [0, 0.05) is 11.8 Å². The SMILES string of the molecule is Cc1ccc(C)c2c1C=CC2CC1C=Cc2c(C)ccc(C)c21. The van der Waals surface area contributed by atoms with Crippen molar-refractivity contribution in [2.75, 3.05) is 0 Å². The van der Waals surface area contributed by atoms with E-state index in [0.29, 0.717) is 11.8 Å². The Kier molecular flexibility index (Phi) is 3.30. The van der Waals surface area contributed by atoms with Crippen LogP contribution >= 0.6 is 0 Å². The number of hydrogen-bond acceptors (Lipinski definition) is 0. The Hall–Kier alpha value is -2.08. The first-order valence-corrected chi connectivity index (χ1v) is 8.63. The van der Waals surface area contributed by atoms with Gasteiger partial charge in [0.2, 0.25) is 0 Å². The quantitative estimate of drug-likeness (QED) is 0.616. The first-order valence-electron chi connectivity index (χ1n) is 8.63. The van der Waals surface area contributed by atoms with Crippen molar-refractivity contribution in [3.8, 4) is 0 Å². The second-order valence-electron chi connectivity index (χ2n) is 7.22. The Bertz CT molecular complexity index is 777. The van der Waals surface area contributed by atoms with Crippen molar-refractivity contribution in [1.29, 1.82) is 0 Å². The summed E-state index contributed by atoms with van der Waals surface area (Å²) in [5.41, 5.74) is 11.7. The molecular weight excluding hydrogens is 276 g/mol. The topological polar surface area (TPSA) is 0 Å². The molecule has 2 atom stereocenters. The fraction of sp³-hybridized carbons (Fsp3) is 0.304. The Balaban J connectivity index is 1.70. The number of fused-ring (bicyclic) bond motifs is 2. The molecule has 4 rings (SSSR count). The van der Waals surface area contributed by atoms with Gasteiger partial charge < -0.3 is 0 Å². The number of allylic oxidation sites excluding steroid dienone is 2. The lowest BCUT2D eigenvalue weighted by atomic mass is 9.83. The van der Waals surface area contributed by atoms with Gasteiger partial charge >= 0.3 is 0 Å². The molecule has 0 bridgehead atoms. The van der Waals surface area contributed by atoms with E-state index >= 15 is 0 Å². The van der Waals surface area contributed by atoms with E-state index in [1.54, 1.807) is 11.1 Å². The number of benzene rings is 2. The van der Waals surface area contributed by atoms with E-state index in [-0.39, 0.29) is 0 Å². The average molecular weight is 300 g/mol. The molecule has 2 aliphatic carbocycles. The van der Waals surface area contributed by atoms with Crippen LogP contribution in [0, 0.1) is 27.7 Å². The van der Waals surface area contributed by atoms with Gasteiger partial charge in [0.15, 0.2) is 0 Å². The van der Waals surface area contributed by atoms with Crippen molar-refractivity contribution >= 4 is 12.2 Å². The molecule has 0 aromatic heterocycles. The Morgan fingerprint density at radius 3 is 1.43 bits per heavy atom. The third kappa shape index (κ3) is 2.20. The van der Waals surface area contributed by atoms with Crippen LogP contribution < -0.4 is 0 Å². The van der Waals surface area contributed by atoms with Crippen LogP contribution in [0.3, 0.4) is 0 Å². The Morgan fingerprint density at radius 2 is 1.00 bits per heavy atom. The predicted octanol–water partition coefficient (Wildman–Crippen LogP) is 6.23. The van der Waals surface area contributed by atoms with Gasteiger partial charge in [-0.3, -0.25) is 0 Å². The molecule has 23 heavy (non-hydrogen) atoms. The summed E-state index contributed by atoms with van der Waals surface area (Å²) < 4.78 is 0. The molecule has 0 heterocycles. The van der Waals surface area contributed by atoms with Crippen molar-refractivity contribution in [2.24, 2.45) is 0 Å². The first kappa shape index (κ1) is 14.5. The maximum atomic E-state index is 2.42. The average Bonchev–Trinajstić information content (AvgIpc) is 3.14. The smallest absolute Gasteiger partial charge is 0.00387 e. The third-order valence-corrected chi connectivity index (χ3v) is 5.69. The highest BCUT2D eigenvalue weighted by Gasteiger charge is 2.27. The zero-order valence-electron chi connectivity index (χ0n) is 14.5. The molecule has 2 unspecified atom stereocenters. The van der Waals surface area contributed by atoms with E-state index in [0.717, 1.165) is 0 Å². The van der Waals surface area contributed by atoms with E-state index in [4.69, 9.17) is 0 Å². The normalized spacial score (nSPS) is 20.9. The van der Waals surface area contributed by atoms with Gasteiger partial charge in [-0.25, -0.2) is 0 Å². The van der Waals surface area contributed by atoms with Gasteiger partial charge in [0.25, 0.3) is 0 Å². The highest BCUT2D eigenvalue weighted by molar-refractivity contribution is 5.70. The summed E-state index contributed by atoms with van der Waals surface area (Å²) in [7, 11) is 0. The second kappa shape index (κ2) is 5.23. The van der Waals surface area contributed by atoms with Gasteiger partial charge in [-0.2, -0.15) is 0 Å². The van der Waals surface area contributed by atoms with Crippen LogP contribution in [0.5, 0.6) is 0 Å². The minimum Gasteiger partial charge on any atom is -0.0763 e. The van der Waals surface area contributed by atoms with Crippen molar-refractivity contribution in [1.82, 2.24) is 0 Å². The van der Waals surface area contributed by atoms with Crippen LogP contribution in [-0.4, -0.2) is 0 Å². The minimum absolute atomic E-state index is 0.547. The largest absolute Gasteiger partial charge is 0.0763 e. The number of aryl methyl sites for hydroxylation is 4. The molecule has 0 saturated heterocycles. The summed E-state index contributed by atoms with van der Waals surface area (Å²) in [5, 5.41) is 0. The van der Waals surface area contributed by atoms with E-state index in [1.807, 2.05) is 0 Å². The lowest BCUT2D eigenvalue weighted by molar-refractivity contribution is 0.680. The molecule has 2 aromatic rings. The van der Waals surface area contributed by atoms with Crippen molar-refractivity contribution in [2.45, 2.75) is 46.0 Å². The lowest BCUT2D eigenvalue weighted by Gasteiger charge is -2.21. The summed E-state index contributed by atoms with van der Waals surface area (Å²) in [6, 6.07) is 9.06. The molecule has 0 aliphatic heterocycles. The predicted molar refractivity (Wildman–Crippen MR) is 100.0 cm³/mol. The summed E-state index contributed by atoms with van der Waals surface area (Å²) in [6.07, 6.45) is 10.7. The maximum Gasteiger partial charge on any atom is 0.00387 e. The van der Waals surface area contributed by atoms with E-state index < -0.39 is 0 Å². The molecule has 2 aromatic carbocycles. The minimum atomic E-state index is 0.547. The van der Waals surface area contributed by atoms with Gasteiger partial charge in [-0.15, -0.1) is 0 Å². The van der Waals surface area contributed by atoms with E-state index in [2.05, 4.69) is 76.3 Å². The number of hydrogen-bond donors (Lipinski definition) is 0. The van der Waals surface area contributed by atoms with Crippen LogP contribution in [0.15, 0.2) is 36.4 Å². The molecule has 0 nitrogen and oxygen atoms in total. The summed E-state index contributed by atoms with van der Waals surface area (Å²) in [4.78, 5) is 0. The monoisotopic (exact) mass is 300 g/mol. The highest BCUT2D eigenvalue weighted by atomic mass is 14.3. The standard InChI is InChI=1S/C23H24/c1-14-5-7-16(3)22-18(9-11-20(14)22)13-19-10-12-21-15(2)6-8-17(4)23(19)21/h5-12,18-19H,13H2,1-4H3. The summed E-state index contributed by atoms with van der Waals surface area (Å²) in [6.45, 7) is 8.96. The fourth-order valence-electron chi connectivity index (χ4n) is 4.42. The zero-order chi connectivity index (χ0) is 16.1. The van der Waals surface area contributed by atoms with Crippen molar-refractivity contribution in [3.63, 3.8) is 0 Å². The maximum absolute atomic E-state index is 2.42. The summed E-state index contributed by atoms with van der Waals surface area (Å²) in [5.74, 6) is 1.09. The highest BCUT2D eigenvalue weighted by Crippen LogP contribution is 2.44. The number of rotatable bonds is 2. The molecule has 2 aliphatic rings. The molecule has 0 heteroatoms. The lowest BCUT2D eigenvalue weighted by Crippen LogP contribution is -2.05.